The first-order chi connectivity index (χ1) is 18.3. The molecular formula is C29H36N4O4S. The molecule has 8 nitrogen and oxygen atoms in total. The zero-order chi connectivity index (χ0) is 27.0. The lowest BCUT2D eigenvalue weighted by Gasteiger charge is -2.25. The predicted octanol–water partition coefficient (Wildman–Crippen LogP) is 4.05. The van der Waals surface area contributed by atoms with Crippen LogP contribution in [0.3, 0.4) is 0 Å². The fourth-order valence-electron chi connectivity index (χ4n) is 4.76. The summed E-state index contributed by atoms with van der Waals surface area (Å²) in [6, 6.07) is 17.7. The van der Waals surface area contributed by atoms with Crippen molar-refractivity contribution in [3.63, 3.8) is 0 Å². The minimum Gasteiger partial charge on any atom is -0.387 e. The summed E-state index contributed by atoms with van der Waals surface area (Å²) in [5.74, 6) is -0.631. The number of nitrogens with one attached hydrogen (secondary N) is 3. The Morgan fingerprint density at radius 2 is 1.79 bits per heavy atom. The Morgan fingerprint density at radius 1 is 1.05 bits per heavy atom. The quantitative estimate of drug-likeness (QED) is 0.273. The summed E-state index contributed by atoms with van der Waals surface area (Å²) < 4.78 is 25.4. The molecule has 1 amide bonds. The highest BCUT2D eigenvalue weighted by molar-refractivity contribution is 7.89. The van der Waals surface area contributed by atoms with Crippen molar-refractivity contribution in [2.75, 3.05) is 24.7 Å². The van der Waals surface area contributed by atoms with Crippen LogP contribution in [0.25, 0.3) is 11.1 Å². The molecule has 0 radical (unpaired) electrons. The SMILES string of the molecule is CS(=O)(=O)NC(=O)c1ccc(-c2ccc(CCNC[C@@H](O)c3cccnc3)cc2)cc1NC1CCCCC1. The molecule has 3 aromatic rings. The van der Waals surface area contributed by atoms with Gasteiger partial charge in [0.1, 0.15) is 0 Å². The molecular weight excluding hydrogens is 500 g/mol. The Kier molecular flexibility index (Phi) is 9.49. The normalized spacial score (nSPS) is 15.1. The molecule has 0 saturated heterocycles. The maximum Gasteiger partial charge on any atom is 0.266 e. The molecule has 0 bridgehead atoms. The van der Waals surface area contributed by atoms with Crippen LogP contribution in [-0.4, -0.2) is 49.8 Å². The minimum absolute atomic E-state index is 0.260. The van der Waals surface area contributed by atoms with Gasteiger partial charge in [-0.3, -0.25) is 9.78 Å². The first-order valence-electron chi connectivity index (χ1n) is 13.1. The molecule has 1 saturated carbocycles. The zero-order valence-electron chi connectivity index (χ0n) is 21.7. The molecule has 1 aromatic heterocycles. The van der Waals surface area contributed by atoms with E-state index < -0.39 is 22.0 Å². The number of anilines is 1. The molecule has 1 atom stereocenters. The van der Waals surface area contributed by atoms with Gasteiger partial charge in [0.15, 0.2) is 0 Å². The fourth-order valence-corrected chi connectivity index (χ4v) is 5.20. The van der Waals surface area contributed by atoms with Gasteiger partial charge in [-0.2, -0.15) is 0 Å². The third-order valence-electron chi connectivity index (χ3n) is 6.79. The number of aliphatic hydroxyl groups excluding tert-OH is 1. The third-order valence-corrected chi connectivity index (χ3v) is 7.35. The second-order valence-electron chi connectivity index (χ2n) is 9.90. The van der Waals surface area contributed by atoms with Crippen molar-refractivity contribution < 1.29 is 18.3 Å². The number of hydrogen-bond acceptors (Lipinski definition) is 7. The summed E-state index contributed by atoms with van der Waals surface area (Å²) in [6.45, 7) is 1.19. The van der Waals surface area contributed by atoms with Gasteiger partial charge in [0.05, 0.1) is 17.9 Å². The van der Waals surface area contributed by atoms with E-state index in [4.69, 9.17) is 0 Å². The molecule has 0 unspecified atom stereocenters. The average molecular weight is 537 g/mol. The van der Waals surface area contributed by atoms with E-state index in [1.165, 1.54) is 12.0 Å². The molecule has 4 rings (SSSR count). The highest BCUT2D eigenvalue weighted by atomic mass is 32.2. The topological polar surface area (TPSA) is 120 Å². The Bertz CT molecular complexity index is 1310. The van der Waals surface area contributed by atoms with Crippen LogP contribution in [0.1, 0.15) is 59.7 Å². The average Bonchev–Trinajstić information content (AvgIpc) is 2.91. The standard InChI is InChI=1S/C29H36N4O4S/c1-38(36,37)33-29(35)26-14-13-23(18-27(26)32-25-7-3-2-4-8-25)22-11-9-21(10-12-22)15-17-31-20-28(34)24-6-5-16-30-19-24/h5-6,9-14,16,18-19,25,28,31-32,34H,2-4,7-8,15,17,20H2,1H3,(H,33,35)/t28-/m1/s1. The van der Waals surface area contributed by atoms with E-state index in [1.807, 2.05) is 24.3 Å². The van der Waals surface area contributed by atoms with Crippen molar-refractivity contribution >= 4 is 21.6 Å². The van der Waals surface area contributed by atoms with Crippen molar-refractivity contribution in [2.45, 2.75) is 50.7 Å². The second-order valence-corrected chi connectivity index (χ2v) is 11.6. The fraction of sp³-hybridized carbons (Fsp3) is 0.379. The van der Waals surface area contributed by atoms with Crippen LogP contribution in [0.2, 0.25) is 0 Å². The first-order valence-corrected chi connectivity index (χ1v) is 15.0. The molecule has 1 aliphatic carbocycles. The number of amides is 1. The van der Waals surface area contributed by atoms with Gasteiger partial charge in [0.25, 0.3) is 5.91 Å². The number of hydrogen-bond donors (Lipinski definition) is 4. The van der Waals surface area contributed by atoms with Crippen molar-refractivity contribution in [2.24, 2.45) is 0 Å². The number of benzene rings is 2. The van der Waals surface area contributed by atoms with E-state index in [0.29, 0.717) is 17.8 Å². The summed E-state index contributed by atoms with van der Waals surface area (Å²) in [5, 5.41) is 17.0. The van der Waals surface area contributed by atoms with Crippen LogP contribution in [0.4, 0.5) is 5.69 Å². The smallest absolute Gasteiger partial charge is 0.266 e. The van der Waals surface area contributed by atoms with E-state index in [9.17, 15) is 18.3 Å². The van der Waals surface area contributed by atoms with Gasteiger partial charge >= 0.3 is 0 Å². The van der Waals surface area contributed by atoms with Gasteiger partial charge in [0, 0.05) is 36.2 Å². The summed E-state index contributed by atoms with van der Waals surface area (Å²) >= 11 is 0. The van der Waals surface area contributed by atoms with E-state index in [2.05, 4.69) is 44.6 Å². The highest BCUT2D eigenvalue weighted by Crippen LogP contribution is 2.29. The third kappa shape index (κ3) is 8.11. The van der Waals surface area contributed by atoms with Crippen LogP contribution >= 0.6 is 0 Å². The molecule has 9 heteroatoms. The monoisotopic (exact) mass is 536 g/mol. The molecule has 0 aliphatic heterocycles. The molecule has 0 spiro atoms. The maximum atomic E-state index is 12.7. The predicted molar refractivity (Wildman–Crippen MR) is 150 cm³/mol. The molecule has 1 fully saturated rings. The van der Waals surface area contributed by atoms with E-state index in [1.54, 1.807) is 18.5 Å². The maximum absolute atomic E-state index is 12.7. The second kappa shape index (κ2) is 13.0. The lowest BCUT2D eigenvalue weighted by molar-refractivity contribution is 0.0982. The first kappa shape index (κ1) is 27.8. The summed E-state index contributed by atoms with van der Waals surface area (Å²) in [6.07, 6.45) is 10.1. The number of carbonyl (C=O) groups excluding carboxylic acids is 1. The largest absolute Gasteiger partial charge is 0.387 e. The Hall–Kier alpha value is -3.27. The molecule has 4 N–H and O–H groups in total. The molecule has 38 heavy (non-hydrogen) atoms. The number of rotatable bonds is 11. The molecule has 2 aromatic carbocycles. The van der Waals surface area contributed by atoms with Crippen LogP contribution in [0.15, 0.2) is 67.0 Å². The van der Waals surface area contributed by atoms with E-state index in [0.717, 1.165) is 61.6 Å². The number of nitrogens with zero attached hydrogens (tertiary/aromatic N) is 1. The Morgan fingerprint density at radius 3 is 2.47 bits per heavy atom. The van der Waals surface area contributed by atoms with Gasteiger partial charge in [-0.1, -0.05) is 55.7 Å². The molecule has 1 heterocycles. The Labute approximate surface area is 225 Å². The van der Waals surface area contributed by atoms with Crippen LogP contribution in [0.5, 0.6) is 0 Å². The van der Waals surface area contributed by atoms with Crippen molar-refractivity contribution in [1.82, 2.24) is 15.0 Å². The summed E-state index contributed by atoms with van der Waals surface area (Å²) in [5.41, 5.74) is 4.89. The van der Waals surface area contributed by atoms with Crippen molar-refractivity contribution in [3.05, 3.63) is 83.7 Å². The van der Waals surface area contributed by atoms with E-state index in [-0.39, 0.29) is 6.04 Å². The lowest BCUT2D eigenvalue weighted by atomic mass is 9.94. The van der Waals surface area contributed by atoms with E-state index >= 15 is 0 Å². The highest BCUT2D eigenvalue weighted by Gasteiger charge is 2.20. The van der Waals surface area contributed by atoms with Crippen molar-refractivity contribution in [1.29, 1.82) is 0 Å². The summed E-state index contributed by atoms with van der Waals surface area (Å²) in [4.78, 5) is 16.7. The lowest BCUT2D eigenvalue weighted by Crippen LogP contribution is -2.31. The molecule has 202 valence electrons. The number of aromatic nitrogens is 1. The van der Waals surface area contributed by atoms with Crippen LogP contribution in [0, 0.1) is 0 Å². The number of pyridine rings is 1. The van der Waals surface area contributed by atoms with Crippen LogP contribution < -0.4 is 15.4 Å². The van der Waals surface area contributed by atoms with Crippen LogP contribution in [-0.2, 0) is 16.4 Å². The number of carbonyl (C=O) groups is 1. The Balaban J connectivity index is 1.41. The van der Waals surface area contributed by atoms with Gasteiger partial charge in [-0.15, -0.1) is 0 Å². The minimum atomic E-state index is -3.67. The zero-order valence-corrected chi connectivity index (χ0v) is 22.5. The van der Waals surface area contributed by atoms with Gasteiger partial charge in [0.2, 0.25) is 10.0 Å². The molecule has 1 aliphatic rings. The van der Waals surface area contributed by atoms with Gasteiger partial charge in [-0.05, 0) is 60.7 Å². The summed E-state index contributed by atoms with van der Waals surface area (Å²) in [7, 11) is -3.67. The number of aliphatic hydroxyl groups is 1. The van der Waals surface area contributed by atoms with Gasteiger partial charge < -0.3 is 15.7 Å². The number of sulfonamides is 1. The van der Waals surface area contributed by atoms with Gasteiger partial charge in [-0.25, -0.2) is 13.1 Å². The van der Waals surface area contributed by atoms with Crippen molar-refractivity contribution in [3.8, 4) is 11.1 Å².